The highest BCUT2D eigenvalue weighted by Crippen LogP contribution is 2.26. The molecule has 1 amide bonds. The van der Waals surface area contributed by atoms with E-state index in [0.29, 0.717) is 5.56 Å². The zero-order valence-corrected chi connectivity index (χ0v) is 8.60. The molecule has 0 spiro atoms. The number of hydrogen-bond acceptors (Lipinski definition) is 3. The van der Waals surface area contributed by atoms with Gasteiger partial charge in [-0.1, -0.05) is 6.07 Å². The quantitative estimate of drug-likeness (QED) is 0.688. The van der Waals surface area contributed by atoms with Crippen molar-refractivity contribution in [2.45, 2.75) is 18.7 Å². The molecule has 1 aliphatic rings. The van der Waals surface area contributed by atoms with Crippen LogP contribution in [0.25, 0.3) is 0 Å². The van der Waals surface area contributed by atoms with E-state index < -0.39 is 15.9 Å². The molecular weight excluding hydrogens is 202 g/mol. The number of sulfonamides is 1. The maximum absolute atomic E-state index is 11.5. The predicted octanol–water partition coefficient (Wildman–Crippen LogP) is 0.736. The number of rotatable bonds is 0. The zero-order chi connectivity index (χ0) is 10.5. The molecule has 0 fully saturated rings. The van der Waals surface area contributed by atoms with E-state index in [1.165, 1.54) is 0 Å². The van der Waals surface area contributed by atoms with Crippen molar-refractivity contribution in [3.05, 3.63) is 28.8 Å². The summed E-state index contributed by atoms with van der Waals surface area (Å²) >= 11 is 0. The second-order valence-electron chi connectivity index (χ2n) is 3.39. The Bertz CT molecular complexity index is 531. The highest BCUT2D eigenvalue weighted by atomic mass is 32.2. The maximum Gasteiger partial charge on any atom is 0.266 e. The molecule has 0 atom stereocenters. The molecule has 1 aromatic carbocycles. The summed E-state index contributed by atoms with van der Waals surface area (Å²) in [5, 5.41) is 0. The van der Waals surface area contributed by atoms with Crippen LogP contribution in [0, 0.1) is 13.8 Å². The van der Waals surface area contributed by atoms with Crippen molar-refractivity contribution in [2.24, 2.45) is 0 Å². The predicted molar refractivity (Wildman–Crippen MR) is 50.6 cm³/mol. The van der Waals surface area contributed by atoms with E-state index in [-0.39, 0.29) is 10.5 Å². The van der Waals surface area contributed by atoms with Gasteiger partial charge in [0.15, 0.2) is 0 Å². The van der Waals surface area contributed by atoms with Gasteiger partial charge in [-0.05, 0) is 31.0 Å². The summed E-state index contributed by atoms with van der Waals surface area (Å²) in [5.74, 6) is -0.535. The van der Waals surface area contributed by atoms with Crippen LogP contribution in [-0.2, 0) is 10.0 Å². The summed E-state index contributed by atoms with van der Waals surface area (Å²) < 4.78 is 24.9. The summed E-state index contributed by atoms with van der Waals surface area (Å²) in [7, 11) is -3.60. The highest BCUT2D eigenvalue weighted by Gasteiger charge is 2.33. The van der Waals surface area contributed by atoms with Gasteiger partial charge in [-0.15, -0.1) is 0 Å². The van der Waals surface area contributed by atoms with Gasteiger partial charge >= 0.3 is 0 Å². The first-order valence-corrected chi connectivity index (χ1v) is 5.58. The van der Waals surface area contributed by atoms with Gasteiger partial charge in [-0.25, -0.2) is 13.1 Å². The Hall–Kier alpha value is -1.36. The molecule has 0 radical (unpaired) electrons. The van der Waals surface area contributed by atoms with Crippen molar-refractivity contribution in [3.63, 3.8) is 0 Å². The van der Waals surface area contributed by atoms with E-state index in [1.54, 1.807) is 19.1 Å². The fourth-order valence-corrected chi connectivity index (χ4v) is 3.09. The normalized spacial score (nSPS) is 17.7. The lowest BCUT2D eigenvalue weighted by Gasteiger charge is -2.01. The molecular formula is C9H9NO3S. The van der Waals surface area contributed by atoms with Crippen molar-refractivity contribution in [3.8, 4) is 0 Å². The number of carbonyl (C=O) groups excluding carboxylic acids is 1. The van der Waals surface area contributed by atoms with Crippen molar-refractivity contribution < 1.29 is 13.2 Å². The standard InChI is InChI=1S/C9H9NO3S/c1-5-3-6(2)8-7(4-5)9(11)10-14(8,12)13/h3-4H,1-2H3,(H,10,11). The average molecular weight is 211 g/mol. The van der Waals surface area contributed by atoms with Crippen LogP contribution in [-0.4, -0.2) is 14.3 Å². The van der Waals surface area contributed by atoms with Crippen LogP contribution < -0.4 is 4.72 Å². The lowest BCUT2D eigenvalue weighted by molar-refractivity contribution is 0.0985. The first-order valence-electron chi connectivity index (χ1n) is 4.10. The molecule has 4 nitrogen and oxygen atoms in total. The van der Waals surface area contributed by atoms with Crippen LogP contribution in [0.1, 0.15) is 21.5 Å². The Morgan fingerprint density at radius 3 is 2.50 bits per heavy atom. The van der Waals surface area contributed by atoms with E-state index in [4.69, 9.17) is 0 Å². The fraction of sp³-hybridized carbons (Fsp3) is 0.222. The lowest BCUT2D eigenvalue weighted by atomic mass is 10.1. The Labute approximate surface area is 82.0 Å². The Morgan fingerprint density at radius 1 is 1.21 bits per heavy atom. The molecule has 1 aliphatic heterocycles. The topological polar surface area (TPSA) is 63.2 Å². The summed E-state index contributed by atoms with van der Waals surface area (Å²) in [5.41, 5.74) is 1.74. The average Bonchev–Trinajstić information content (AvgIpc) is 2.21. The molecule has 0 aliphatic carbocycles. The first kappa shape index (κ1) is 9.21. The molecule has 0 saturated heterocycles. The Kier molecular flexibility index (Phi) is 1.69. The third-order valence-electron chi connectivity index (χ3n) is 2.16. The largest absolute Gasteiger partial charge is 0.268 e. The van der Waals surface area contributed by atoms with Gasteiger partial charge in [0.25, 0.3) is 15.9 Å². The Balaban J connectivity index is 2.89. The number of amides is 1. The van der Waals surface area contributed by atoms with Gasteiger partial charge in [0.2, 0.25) is 0 Å². The minimum Gasteiger partial charge on any atom is -0.268 e. The summed E-state index contributed by atoms with van der Waals surface area (Å²) in [6.45, 7) is 3.51. The van der Waals surface area contributed by atoms with Crippen LogP contribution in [0.5, 0.6) is 0 Å². The third kappa shape index (κ3) is 1.13. The van der Waals surface area contributed by atoms with Gasteiger partial charge in [-0.3, -0.25) is 4.79 Å². The number of aryl methyl sites for hydroxylation is 2. The van der Waals surface area contributed by atoms with Gasteiger partial charge in [0, 0.05) is 0 Å². The van der Waals surface area contributed by atoms with Crippen LogP contribution >= 0.6 is 0 Å². The highest BCUT2D eigenvalue weighted by molar-refractivity contribution is 7.90. The minimum atomic E-state index is -3.60. The zero-order valence-electron chi connectivity index (χ0n) is 7.79. The second kappa shape index (κ2) is 2.57. The summed E-state index contributed by atoms with van der Waals surface area (Å²) in [6, 6.07) is 3.33. The van der Waals surface area contributed by atoms with Crippen LogP contribution in [0.4, 0.5) is 0 Å². The van der Waals surface area contributed by atoms with Crippen LogP contribution in [0.2, 0.25) is 0 Å². The summed E-state index contributed by atoms with van der Waals surface area (Å²) in [4.78, 5) is 11.4. The maximum atomic E-state index is 11.5. The number of fused-ring (bicyclic) bond motifs is 1. The molecule has 5 heteroatoms. The number of nitrogens with one attached hydrogen (secondary N) is 1. The molecule has 74 valence electrons. The van der Waals surface area contributed by atoms with Gasteiger partial charge < -0.3 is 0 Å². The molecule has 0 bridgehead atoms. The van der Waals surface area contributed by atoms with Gasteiger partial charge in [-0.2, -0.15) is 0 Å². The van der Waals surface area contributed by atoms with Crippen molar-refractivity contribution >= 4 is 15.9 Å². The van der Waals surface area contributed by atoms with Crippen molar-refractivity contribution in [2.75, 3.05) is 0 Å². The number of carbonyl (C=O) groups is 1. The monoisotopic (exact) mass is 211 g/mol. The molecule has 1 aromatic rings. The lowest BCUT2D eigenvalue weighted by Crippen LogP contribution is -2.20. The molecule has 14 heavy (non-hydrogen) atoms. The molecule has 0 unspecified atom stereocenters. The Morgan fingerprint density at radius 2 is 1.86 bits per heavy atom. The van der Waals surface area contributed by atoms with Crippen molar-refractivity contribution in [1.82, 2.24) is 4.72 Å². The van der Waals surface area contributed by atoms with E-state index in [9.17, 15) is 13.2 Å². The molecule has 1 N–H and O–H groups in total. The third-order valence-corrected chi connectivity index (χ3v) is 3.69. The van der Waals surface area contributed by atoms with E-state index >= 15 is 0 Å². The van der Waals surface area contributed by atoms with Crippen LogP contribution in [0.15, 0.2) is 17.0 Å². The van der Waals surface area contributed by atoms with Gasteiger partial charge in [0.05, 0.1) is 5.56 Å². The van der Waals surface area contributed by atoms with Gasteiger partial charge in [0.1, 0.15) is 4.90 Å². The van der Waals surface area contributed by atoms with E-state index in [1.807, 2.05) is 11.6 Å². The SMILES string of the molecule is Cc1cc(C)c2c(c1)C(=O)NS2(=O)=O. The van der Waals surface area contributed by atoms with Crippen molar-refractivity contribution in [1.29, 1.82) is 0 Å². The van der Waals surface area contributed by atoms with E-state index in [2.05, 4.69) is 0 Å². The smallest absolute Gasteiger partial charge is 0.266 e. The fourth-order valence-electron chi connectivity index (χ4n) is 1.71. The second-order valence-corrected chi connectivity index (χ2v) is 5.01. The molecule has 1 heterocycles. The first-order chi connectivity index (χ1) is 6.42. The van der Waals surface area contributed by atoms with E-state index in [0.717, 1.165) is 5.56 Å². The number of hydrogen-bond donors (Lipinski definition) is 1. The van der Waals surface area contributed by atoms with Crippen LogP contribution in [0.3, 0.4) is 0 Å². The molecule has 2 rings (SSSR count). The molecule has 0 aromatic heterocycles. The molecule has 0 saturated carbocycles. The minimum absolute atomic E-state index is 0.119. The summed E-state index contributed by atoms with van der Waals surface area (Å²) in [6.07, 6.45) is 0. The number of benzene rings is 1.